The van der Waals surface area contributed by atoms with Gasteiger partial charge in [-0.3, -0.25) is 19.8 Å². The van der Waals surface area contributed by atoms with Crippen LogP contribution in [0, 0.1) is 10.1 Å². The molecule has 4 rings (SSSR count). The van der Waals surface area contributed by atoms with Gasteiger partial charge in [-0.1, -0.05) is 30.0 Å². The standard InChI is InChI=1S/C21H14N2O5S2/c1-27-16-4-2-3-15(11-16)22-20(24)19(30-21(22)29)12-17-9-10-18(28-17)13-5-7-14(8-6-13)23(25)26/h2-12H,1H3. The molecular weight excluding hydrogens is 424 g/mol. The number of amides is 1. The summed E-state index contributed by atoms with van der Waals surface area (Å²) in [6, 6.07) is 16.6. The molecule has 0 aliphatic carbocycles. The van der Waals surface area contributed by atoms with Crippen LogP contribution in [-0.2, 0) is 4.79 Å². The van der Waals surface area contributed by atoms with E-state index in [2.05, 4.69) is 0 Å². The normalized spacial score (nSPS) is 15.1. The lowest BCUT2D eigenvalue weighted by Crippen LogP contribution is -2.27. The number of anilines is 1. The van der Waals surface area contributed by atoms with E-state index in [4.69, 9.17) is 21.4 Å². The highest BCUT2D eigenvalue weighted by molar-refractivity contribution is 8.27. The second-order valence-electron chi connectivity index (χ2n) is 6.22. The zero-order valence-electron chi connectivity index (χ0n) is 15.6. The Bertz CT molecular complexity index is 1180. The van der Waals surface area contributed by atoms with E-state index >= 15 is 0 Å². The molecule has 30 heavy (non-hydrogen) atoms. The first-order valence-electron chi connectivity index (χ1n) is 8.73. The summed E-state index contributed by atoms with van der Waals surface area (Å²) in [5, 5.41) is 10.8. The summed E-state index contributed by atoms with van der Waals surface area (Å²) < 4.78 is 11.4. The van der Waals surface area contributed by atoms with Crippen molar-refractivity contribution in [3.8, 4) is 17.1 Å². The predicted molar refractivity (Wildman–Crippen MR) is 119 cm³/mol. The summed E-state index contributed by atoms with van der Waals surface area (Å²) in [4.78, 5) is 25.1. The van der Waals surface area contributed by atoms with E-state index < -0.39 is 4.92 Å². The van der Waals surface area contributed by atoms with Crippen LogP contribution in [-0.4, -0.2) is 22.3 Å². The molecule has 9 heteroatoms. The Kier molecular flexibility index (Phi) is 5.39. The Balaban J connectivity index is 1.57. The largest absolute Gasteiger partial charge is 0.497 e. The van der Waals surface area contributed by atoms with Gasteiger partial charge in [0.15, 0.2) is 4.32 Å². The van der Waals surface area contributed by atoms with Gasteiger partial charge in [0.2, 0.25) is 0 Å². The van der Waals surface area contributed by atoms with Crippen molar-refractivity contribution in [1.29, 1.82) is 0 Å². The molecule has 1 saturated heterocycles. The van der Waals surface area contributed by atoms with E-state index in [-0.39, 0.29) is 11.6 Å². The Labute approximate surface area is 181 Å². The van der Waals surface area contributed by atoms with E-state index in [9.17, 15) is 14.9 Å². The third-order valence-electron chi connectivity index (χ3n) is 4.37. The van der Waals surface area contributed by atoms with Crippen molar-refractivity contribution in [3.05, 3.63) is 81.4 Å². The highest BCUT2D eigenvalue weighted by Gasteiger charge is 2.33. The molecule has 1 amide bonds. The molecule has 0 unspecified atom stereocenters. The maximum atomic E-state index is 12.9. The van der Waals surface area contributed by atoms with Crippen LogP contribution in [0.4, 0.5) is 11.4 Å². The van der Waals surface area contributed by atoms with Crippen LogP contribution in [0.5, 0.6) is 5.75 Å². The van der Waals surface area contributed by atoms with E-state index in [0.717, 1.165) is 0 Å². The molecule has 1 aliphatic rings. The molecule has 150 valence electrons. The van der Waals surface area contributed by atoms with Gasteiger partial charge in [0.1, 0.15) is 17.3 Å². The number of thioether (sulfide) groups is 1. The number of carbonyl (C=O) groups excluding carboxylic acids is 1. The topological polar surface area (TPSA) is 85.8 Å². The minimum Gasteiger partial charge on any atom is -0.497 e. The van der Waals surface area contributed by atoms with Gasteiger partial charge in [-0.25, -0.2) is 0 Å². The third-order valence-corrected chi connectivity index (χ3v) is 5.67. The molecule has 0 saturated carbocycles. The number of furan rings is 1. The maximum absolute atomic E-state index is 12.9. The van der Waals surface area contributed by atoms with Crippen molar-refractivity contribution in [2.75, 3.05) is 12.0 Å². The number of nitro groups is 1. The Morgan fingerprint density at radius 1 is 1.17 bits per heavy atom. The zero-order valence-corrected chi connectivity index (χ0v) is 17.2. The molecule has 0 spiro atoms. The molecule has 2 heterocycles. The van der Waals surface area contributed by atoms with Crippen LogP contribution < -0.4 is 9.64 Å². The summed E-state index contributed by atoms with van der Waals surface area (Å²) in [5.41, 5.74) is 1.34. The van der Waals surface area contributed by atoms with Gasteiger partial charge in [-0.15, -0.1) is 0 Å². The summed E-state index contributed by atoms with van der Waals surface area (Å²) >= 11 is 6.58. The molecule has 0 radical (unpaired) electrons. The average molecular weight is 438 g/mol. The number of non-ortho nitro benzene ring substituents is 1. The van der Waals surface area contributed by atoms with Gasteiger partial charge in [0, 0.05) is 29.8 Å². The fraction of sp³-hybridized carbons (Fsp3) is 0.0476. The molecule has 0 atom stereocenters. The molecule has 3 aromatic rings. The lowest BCUT2D eigenvalue weighted by Gasteiger charge is -2.15. The van der Waals surface area contributed by atoms with Crippen LogP contribution in [0.3, 0.4) is 0 Å². The fourth-order valence-corrected chi connectivity index (χ4v) is 4.18. The third kappa shape index (κ3) is 3.85. The number of carbonyl (C=O) groups is 1. The smallest absolute Gasteiger partial charge is 0.270 e. The van der Waals surface area contributed by atoms with Gasteiger partial charge in [0.05, 0.1) is 22.6 Å². The quantitative estimate of drug-likeness (QED) is 0.232. The number of nitro benzene ring substituents is 1. The van der Waals surface area contributed by atoms with Crippen LogP contribution >= 0.6 is 24.0 Å². The number of hydrogen-bond donors (Lipinski definition) is 0. The molecule has 1 aliphatic heterocycles. The molecule has 2 aromatic carbocycles. The number of benzene rings is 2. The van der Waals surface area contributed by atoms with Crippen LogP contribution in [0.15, 0.2) is 70.0 Å². The number of nitrogens with zero attached hydrogens (tertiary/aromatic N) is 2. The highest BCUT2D eigenvalue weighted by atomic mass is 32.2. The Hall–Kier alpha value is -3.43. The van der Waals surface area contributed by atoms with Gasteiger partial charge in [-0.2, -0.15) is 0 Å². The molecule has 0 bridgehead atoms. The minimum atomic E-state index is -0.457. The number of thiocarbonyl (C=S) groups is 1. The van der Waals surface area contributed by atoms with Gasteiger partial charge >= 0.3 is 0 Å². The van der Waals surface area contributed by atoms with E-state index in [1.807, 2.05) is 0 Å². The van der Waals surface area contributed by atoms with Crippen LogP contribution in [0.1, 0.15) is 5.76 Å². The molecular formula is C21H14N2O5S2. The van der Waals surface area contributed by atoms with Crippen molar-refractivity contribution >= 4 is 51.7 Å². The summed E-state index contributed by atoms with van der Waals surface area (Å²) in [7, 11) is 1.56. The number of ether oxygens (including phenoxy) is 1. The first-order valence-corrected chi connectivity index (χ1v) is 9.95. The second-order valence-corrected chi connectivity index (χ2v) is 7.90. The minimum absolute atomic E-state index is 0.00625. The van der Waals surface area contributed by atoms with E-state index in [0.29, 0.717) is 37.7 Å². The van der Waals surface area contributed by atoms with Crippen molar-refractivity contribution in [2.24, 2.45) is 0 Å². The Morgan fingerprint density at radius 2 is 1.93 bits per heavy atom. The fourth-order valence-electron chi connectivity index (χ4n) is 2.90. The van der Waals surface area contributed by atoms with Crippen LogP contribution in [0.2, 0.25) is 0 Å². The lowest BCUT2D eigenvalue weighted by atomic mass is 10.1. The monoisotopic (exact) mass is 438 g/mol. The predicted octanol–water partition coefficient (Wildman–Crippen LogP) is 5.27. The van der Waals surface area contributed by atoms with E-state index in [1.54, 1.807) is 61.7 Å². The average Bonchev–Trinajstić information content (AvgIpc) is 3.32. The van der Waals surface area contributed by atoms with Crippen LogP contribution in [0.25, 0.3) is 17.4 Å². The number of hydrogen-bond acceptors (Lipinski definition) is 7. The van der Waals surface area contributed by atoms with E-state index in [1.165, 1.54) is 28.8 Å². The van der Waals surface area contributed by atoms with Gasteiger partial charge in [0.25, 0.3) is 11.6 Å². The highest BCUT2D eigenvalue weighted by Crippen LogP contribution is 2.37. The molecule has 7 nitrogen and oxygen atoms in total. The van der Waals surface area contributed by atoms with Crippen molar-refractivity contribution < 1.29 is 18.9 Å². The molecule has 1 fully saturated rings. The first kappa shape index (κ1) is 19.9. The number of rotatable bonds is 5. The summed E-state index contributed by atoms with van der Waals surface area (Å²) in [6.07, 6.45) is 1.63. The van der Waals surface area contributed by atoms with Crippen molar-refractivity contribution in [3.63, 3.8) is 0 Å². The second kappa shape index (κ2) is 8.13. The SMILES string of the molecule is COc1cccc(N2C(=O)C(=Cc3ccc(-c4ccc([N+](=O)[O-])cc4)o3)SC2=S)c1. The van der Waals surface area contributed by atoms with Gasteiger partial charge in [-0.05, 0) is 36.4 Å². The maximum Gasteiger partial charge on any atom is 0.270 e. The molecule has 0 N–H and O–H groups in total. The number of methoxy groups -OCH3 is 1. The molecule has 1 aromatic heterocycles. The van der Waals surface area contributed by atoms with Crippen molar-refractivity contribution in [1.82, 2.24) is 0 Å². The summed E-state index contributed by atoms with van der Waals surface area (Å²) in [6.45, 7) is 0. The lowest BCUT2D eigenvalue weighted by molar-refractivity contribution is -0.384. The van der Waals surface area contributed by atoms with Gasteiger partial charge < -0.3 is 9.15 Å². The summed E-state index contributed by atoms with van der Waals surface area (Å²) in [5.74, 6) is 1.41. The first-order chi connectivity index (χ1) is 14.5. The Morgan fingerprint density at radius 3 is 2.63 bits per heavy atom. The zero-order chi connectivity index (χ0) is 21.3. The van der Waals surface area contributed by atoms with Crippen molar-refractivity contribution in [2.45, 2.75) is 0 Å².